The summed E-state index contributed by atoms with van der Waals surface area (Å²) in [6, 6.07) is -0.364. The van der Waals surface area contributed by atoms with E-state index in [-0.39, 0.29) is 24.4 Å². The molecule has 0 bridgehead atoms. The largest absolute Gasteiger partial charge is 0.352 e. The second kappa shape index (κ2) is 6.64. The number of hydrogen-bond donors (Lipinski definition) is 2. The molecule has 7 heteroatoms. The minimum absolute atomic E-state index is 0.134. The maximum Gasteiger partial charge on any atom is 0.325 e. The zero-order valence-corrected chi connectivity index (χ0v) is 13.6. The third kappa shape index (κ3) is 3.76. The maximum absolute atomic E-state index is 12.1. The van der Waals surface area contributed by atoms with Crippen molar-refractivity contribution >= 4 is 17.8 Å². The lowest BCUT2D eigenvalue weighted by atomic mass is 10.0. The molecule has 0 aromatic rings. The molecule has 0 radical (unpaired) electrons. The number of nitrogens with one attached hydrogen (secondary N) is 2. The first-order valence-corrected chi connectivity index (χ1v) is 7.99. The summed E-state index contributed by atoms with van der Waals surface area (Å²) in [7, 11) is 0. The van der Waals surface area contributed by atoms with Crippen LogP contribution in [0.1, 0.15) is 40.0 Å². The zero-order chi connectivity index (χ0) is 16.3. The van der Waals surface area contributed by atoms with Gasteiger partial charge in [-0.2, -0.15) is 0 Å². The van der Waals surface area contributed by atoms with Crippen LogP contribution in [0.15, 0.2) is 0 Å². The van der Waals surface area contributed by atoms with Crippen LogP contribution in [-0.4, -0.2) is 65.4 Å². The van der Waals surface area contributed by atoms with Crippen molar-refractivity contribution in [2.24, 2.45) is 0 Å². The van der Waals surface area contributed by atoms with Gasteiger partial charge in [-0.3, -0.25) is 14.5 Å². The Balaban J connectivity index is 1.79. The quantitative estimate of drug-likeness (QED) is 0.716. The molecule has 4 amide bonds. The van der Waals surface area contributed by atoms with E-state index in [1.165, 1.54) is 0 Å². The Bertz CT molecular complexity index is 456. The third-order valence-electron chi connectivity index (χ3n) is 4.24. The number of nitrogens with zero attached hydrogens (tertiary/aromatic N) is 2. The van der Waals surface area contributed by atoms with Crippen molar-refractivity contribution in [1.82, 2.24) is 20.4 Å². The highest BCUT2D eigenvalue weighted by Gasteiger charge is 2.44. The molecular formula is C15H26N4O3. The molecule has 2 N–H and O–H groups in total. The first-order valence-electron chi connectivity index (χ1n) is 7.99. The summed E-state index contributed by atoms with van der Waals surface area (Å²) in [6.45, 7) is 8.28. The van der Waals surface area contributed by atoms with E-state index < -0.39 is 11.6 Å². The molecule has 0 aromatic heterocycles. The lowest BCUT2D eigenvalue weighted by Crippen LogP contribution is -2.48. The van der Waals surface area contributed by atoms with Crippen LogP contribution < -0.4 is 10.6 Å². The molecule has 0 aromatic carbocycles. The summed E-state index contributed by atoms with van der Waals surface area (Å²) >= 11 is 0. The van der Waals surface area contributed by atoms with Crippen molar-refractivity contribution in [1.29, 1.82) is 0 Å². The second-order valence-electron chi connectivity index (χ2n) is 6.63. The van der Waals surface area contributed by atoms with Gasteiger partial charge < -0.3 is 15.5 Å². The van der Waals surface area contributed by atoms with Crippen molar-refractivity contribution in [3.05, 3.63) is 0 Å². The van der Waals surface area contributed by atoms with Gasteiger partial charge in [0, 0.05) is 19.1 Å². The topological polar surface area (TPSA) is 81.8 Å². The van der Waals surface area contributed by atoms with Crippen molar-refractivity contribution in [3.8, 4) is 0 Å². The summed E-state index contributed by atoms with van der Waals surface area (Å²) in [5.74, 6) is -0.624. The number of rotatable bonds is 5. The predicted octanol–water partition coefficient (Wildman–Crippen LogP) is 0.307. The summed E-state index contributed by atoms with van der Waals surface area (Å²) in [4.78, 5) is 39.2. The normalized spacial score (nSPS) is 22.8. The minimum Gasteiger partial charge on any atom is -0.352 e. The van der Waals surface area contributed by atoms with E-state index in [1.54, 1.807) is 13.8 Å². The Morgan fingerprint density at radius 2 is 1.95 bits per heavy atom. The smallest absolute Gasteiger partial charge is 0.325 e. The summed E-state index contributed by atoms with van der Waals surface area (Å²) in [6.07, 6.45) is 2.97. The summed E-state index contributed by atoms with van der Waals surface area (Å²) in [5.41, 5.74) is -0.928. The van der Waals surface area contributed by atoms with Crippen LogP contribution in [0.25, 0.3) is 0 Å². The molecule has 2 aliphatic heterocycles. The van der Waals surface area contributed by atoms with Gasteiger partial charge in [0.2, 0.25) is 5.91 Å². The van der Waals surface area contributed by atoms with E-state index in [1.807, 2.05) is 0 Å². The average molecular weight is 310 g/mol. The van der Waals surface area contributed by atoms with Crippen molar-refractivity contribution in [2.75, 3.05) is 26.2 Å². The van der Waals surface area contributed by atoms with Crippen LogP contribution in [-0.2, 0) is 9.59 Å². The van der Waals surface area contributed by atoms with Gasteiger partial charge in [-0.25, -0.2) is 4.79 Å². The van der Waals surface area contributed by atoms with Crippen LogP contribution in [0, 0.1) is 0 Å². The van der Waals surface area contributed by atoms with Crippen LogP contribution >= 0.6 is 0 Å². The summed E-state index contributed by atoms with van der Waals surface area (Å²) < 4.78 is 0. The van der Waals surface area contributed by atoms with E-state index in [4.69, 9.17) is 0 Å². The second-order valence-corrected chi connectivity index (χ2v) is 6.63. The SMILES string of the molecule is CCCN1CCC(NC(=O)CN2C(=O)NC(C)(C)C2=O)CC1. The fourth-order valence-electron chi connectivity index (χ4n) is 3.00. The van der Waals surface area contributed by atoms with Crippen molar-refractivity contribution in [3.63, 3.8) is 0 Å². The maximum atomic E-state index is 12.1. The molecular weight excluding hydrogens is 284 g/mol. The standard InChI is InChI=1S/C15H26N4O3/c1-4-7-18-8-5-11(6-9-18)16-12(20)10-19-13(21)15(2,3)17-14(19)22/h11H,4-10H2,1-3H3,(H,16,20)(H,17,22). The molecule has 2 heterocycles. The van der Waals surface area contributed by atoms with Crippen LogP contribution in [0.3, 0.4) is 0 Å². The van der Waals surface area contributed by atoms with Gasteiger partial charge in [0.25, 0.3) is 5.91 Å². The molecule has 22 heavy (non-hydrogen) atoms. The van der Waals surface area contributed by atoms with Gasteiger partial charge >= 0.3 is 6.03 Å². The zero-order valence-electron chi connectivity index (χ0n) is 13.6. The molecule has 2 fully saturated rings. The number of carbonyl (C=O) groups is 3. The number of carbonyl (C=O) groups excluding carboxylic acids is 3. The molecule has 0 atom stereocenters. The molecule has 2 saturated heterocycles. The Morgan fingerprint density at radius 3 is 2.45 bits per heavy atom. The van der Waals surface area contributed by atoms with E-state index in [2.05, 4.69) is 22.5 Å². The lowest BCUT2D eigenvalue weighted by Gasteiger charge is -2.32. The van der Waals surface area contributed by atoms with Gasteiger partial charge in [0.1, 0.15) is 12.1 Å². The van der Waals surface area contributed by atoms with Crippen LogP contribution in [0.2, 0.25) is 0 Å². The Morgan fingerprint density at radius 1 is 1.32 bits per heavy atom. The highest BCUT2D eigenvalue weighted by Crippen LogP contribution is 2.16. The Hall–Kier alpha value is -1.63. The number of imide groups is 1. The monoisotopic (exact) mass is 310 g/mol. The lowest BCUT2D eigenvalue weighted by molar-refractivity contribution is -0.134. The molecule has 0 unspecified atom stereocenters. The van der Waals surface area contributed by atoms with E-state index in [0.29, 0.717) is 0 Å². The van der Waals surface area contributed by atoms with Gasteiger partial charge in [0.15, 0.2) is 0 Å². The Kier molecular flexibility index (Phi) is 5.05. The molecule has 0 aliphatic carbocycles. The van der Waals surface area contributed by atoms with Crippen LogP contribution in [0.4, 0.5) is 4.79 Å². The van der Waals surface area contributed by atoms with Gasteiger partial charge in [-0.15, -0.1) is 0 Å². The molecule has 7 nitrogen and oxygen atoms in total. The Labute approximate surface area is 131 Å². The number of amides is 4. The molecule has 0 saturated carbocycles. The van der Waals surface area contributed by atoms with E-state index in [0.717, 1.165) is 43.8 Å². The van der Waals surface area contributed by atoms with Gasteiger partial charge in [0.05, 0.1) is 0 Å². The number of likely N-dealkylation sites (tertiary alicyclic amines) is 1. The van der Waals surface area contributed by atoms with E-state index in [9.17, 15) is 14.4 Å². The van der Waals surface area contributed by atoms with Crippen molar-refractivity contribution < 1.29 is 14.4 Å². The molecule has 0 spiro atoms. The third-order valence-corrected chi connectivity index (χ3v) is 4.24. The first-order chi connectivity index (χ1) is 10.3. The van der Waals surface area contributed by atoms with Gasteiger partial charge in [-0.1, -0.05) is 6.92 Å². The first kappa shape index (κ1) is 16.7. The molecule has 124 valence electrons. The fraction of sp³-hybridized carbons (Fsp3) is 0.800. The average Bonchev–Trinajstić information content (AvgIpc) is 2.63. The number of piperidine rings is 1. The highest BCUT2D eigenvalue weighted by molar-refractivity contribution is 6.08. The molecule has 2 rings (SSSR count). The minimum atomic E-state index is -0.928. The number of hydrogen-bond acceptors (Lipinski definition) is 4. The molecule has 2 aliphatic rings. The predicted molar refractivity (Wildman–Crippen MR) is 82.2 cm³/mol. The number of urea groups is 1. The van der Waals surface area contributed by atoms with Gasteiger partial charge in [-0.05, 0) is 39.7 Å². The summed E-state index contributed by atoms with van der Waals surface area (Å²) in [5, 5.41) is 5.51. The fourth-order valence-corrected chi connectivity index (χ4v) is 3.00. The highest BCUT2D eigenvalue weighted by atomic mass is 16.2. The van der Waals surface area contributed by atoms with Crippen molar-refractivity contribution in [2.45, 2.75) is 51.6 Å². The van der Waals surface area contributed by atoms with Crippen LogP contribution in [0.5, 0.6) is 0 Å². The van der Waals surface area contributed by atoms with E-state index >= 15 is 0 Å².